The van der Waals surface area contributed by atoms with E-state index >= 15 is 0 Å². The zero-order chi connectivity index (χ0) is 17.4. The van der Waals surface area contributed by atoms with Gasteiger partial charge in [0.05, 0.1) is 12.7 Å². The average Bonchev–Trinajstić information content (AvgIpc) is 2.60. The van der Waals surface area contributed by atoms with E-state index in [9.17, 15) is 9.59 Å². The van der Waals surface area contributed by atoms with Crippen molar-refractivity contribution in [3.05, 3.63) is 77.5 Å². The first-order chi connectivity index (χ1) is 11.6. The van der Waals surface area contributed by atoms with Crippen LogP contribution in [0.2, 0.25) is 0 Å². The molecule has 2 rings (SSSR count). The molecule has 124 valence electrons. The predicted molar refractivity (Wildman–Crippen MR) is 90.5 cm³/mol. The molecule has 0 aliphatic heterocycles. The first kappa shape index (κ1) is 17.3. The van der Waals surface area contributed by atoms with Crippen molar-refractivity contribution >= 4 is 11.9 Å². The van der Waals surface area contributed by atoms with Crippen molar-refractivity contribution < 1.29 is 19.1 Å². The molecule has 0 bridgehead atoms. The van der Waals surface area contributed by atoms with Gasteiger partial charge in [0.2, 0.25) is 0 Å². The van der Waals surface area contributed by atoms with Gasteiger partial charge in [-0.15, -0.1) is 0 Å². The molecule has 5 nitrogen and oxygen atoms in total. The molecule has 2 aromatic carbocycles. The molecule has 0 saturated carbocycles. The van der Waals surface area contributed by atoms with E-state index in [0.717, 1.165) is 5.56 Å². The van der Waals surface area contributed by atoms with Crippen LogP contribution in [-0.4, -0.2) is 19.0 Å². The minimum Gasteiger partial charge on any atom is -0.488 e. The van der Waals surface area contributed by atoms with Crippen molar-refractivity contribution in [3.63, 3.8) is 0 Å². The minimum absolute atomic E-state index is 0.351. The normalized spacial score (nSPS) is 10.8. The van der Waals surface area contributed by atoms with Gasteiger partial charge in [-0.2, -0.15) is 0 Å². The van der Waals surface area contributed by atoms with Gasteiger partial charge in [0, 0.05) is 11.8 Å². The average molecular weight is 325 g/mol. The Morgan fingerprint density at radius 1 is 1.04 bits per heavy atom. The number of nitrogens with one attached hydrogen (secondary N) is 1. The summed E-state index contributed by atoms with van der Waals surface area (Å²) in [5.74, 6) is -0.401. The van der Waals surface area contributed by atoms with Crippen molar-refractivity contribution in [1.82, 2.24) is 5.32 Å². The summed E-state index contributed by atoms with van der Waals surface area (Å²) in [5.41, 5.74) is 1.80. The highest BCUT2D eigenvalue weighted by atomic mass is 16.5. The Kier molecular flexibility index (Phi) is 6.14. The van der Waals surface area contributed by atoms with Gasteiger partial charge in [-0.25, -0.2) is 4.79 Å². The van der Waals surface area contributed by atoms with Crippen LogP contribution < -0.4 is 10.1 Å². The van der Waals surface area contributed by atoms with Crippen molar-refractivity contribution in [1.29, 1.82) is 0 Å². The fraction of sp³-hybridized carbons (Fsp3) is 0.158. The van der Waals surface area contributed by atoms with Gasteiger partial charge in [-0.05, 0) is 24.6 Å². The Balaban J connectivity index is 2.09. The Morgan fingerprint density at radius 2 is 1.71 bits per heavy atom. The van der Waals surface area contributed by atoms with Gasteiger partial charge < -0.3 is 14.8 Å². The molecular formula is C19H19NO4. The summed E-state index contributed by atoms with van der Waals surface area (Å²) in [7, 11) is 1.28. The molecule has 2 aromatic rings. The first-order valence-corrected chi connectivity index (χ1v) is 7.43. The summed E-state index contributed by atoms with van der Waals surface area (Å²) in [6, 6.07) is 16.6. The van der Waals surface area contributed by atoms with Gasteiger partial charge in [0.25, 0.3) is 5.91 Å². The van der Waals surface area contributed by atoms with Crippen molar-refractivity contribution in [2.24, 2.45) is 0 Å². The van der Waals surface area contributed by atoms with E-state index in [1.807, 2.05) is 30.3 Å². The van der Waals surface area contributed by atoms with Gasteiger partial charge in [-0.1, -0.05) is 42.5 Å². The second-order valence-corrected chi connectivity index (χ2v) is 5.08. The smallest absolute Gasteiger partial charge is 0.332 e. The van der Waals surface area contributed by atoms with Gasteiger partial charge in [0.1, 0.15) is 12.4 Å². The number of ether oxygens (including phenoxy) is 2. The molecule has 0 unspecified atom stereocenters. The molecule has 0 fully saturated rings. The van der Waals surface area contributed by atoms with E-state index < -0.39 is 5.97 Å². The van der Waals surface area contributed by atoms with Crippen LogP contribution in [0.3, 0.4) is 0 Å². The summed E-state index contributed by atoms with van der Waals surface area (Å²) in [6.45, 7) is 1.98. The maximum atomic E-state index is 12.4. The second kappa shape index (κ2) is 8.53. The molecule has 0 aliphatic rings. The zero-order valence-electron chi connectivity index (χ0n) is 13.6. The molecule has 1 N–H and O–H groups in total. The van der Waals surface area contributed by atoms with E-state index in [-0.39, 0.29) is 5.91 Å². The molecule has 0 aliphatic carbocycles. The van der Waals surface area contributed by atoms with E-state index in [1.54, 1.807) is 31.2 Å². The molecule has 24 heavy (non-hydrogen) atoms. The zero-order valence-corrected chi connectivity index (χ0v) is 13.6. The maximum Gasteiger partial charge on any atom is 0.332 e. The summed E-state index contributed by atoms with van der Waals surface area (Å²) in [5, 5.41) is 2.64. The summed E-state index contributed by atoms with van der Waals surface area (Å²) in [6.07, 6.45) is 1.21. The van der Waals surface area contributed by atoms with Crippen LogP contribution in [0.25, 0.3) is 0 Å². The highest BCUT2D eigenvalue weighted by Crippen LogP contribution is 2.19. The molecular weight excluding hydrogens is 306 g/mol. The highest BCUT2D eigenvalue weighted by Gasteiger charge is 2.13. The van der Waals surface area contributed by atoms with Gasteiger partial charge >= 0.3 is 5.97 Å². The van der Waals surface area contributed by atoms with Crippen LogP contribution >= 0.6 is 0 Å². The van der Waals surface area contributed by atoms with E-state index in [2.05, 4.69) is 10.1 Å². The maximum absolute atomic E-state index is 12.4. The monoisotopic (exact) mass is 325 g/mol. The van der Waals surface area contributed by atoms with Crippen LogP contribution in [0.4, 0.5) is 0 Å². The minimum atomic E-state index is -0.526. The third kappa shape index (κ3) is 4.98. The number of amides is 1. The van der Waals surface area contributed by atoms with Crippen LogP contribution in [0.15, 0.2) is 66.4 Å². The molecule has 0 spiro atoms. The number of para-hydroxylation sites is 1. The Hall–Kier alpha value is -3.08. The van der Waals surface area contributed by atoms with Crippen molar-refractivity contribution in [3.8, 4) is 5.75 Å². The lowest BCUT2D eigenvalue weighted by molar-refractivity contribution is -0.134. The van der Waals surface area contributed by atoms with Gasteiger partial charge in [0.15, 0.2) is 0 Å². The highest BCUT2D eigenvalue weighted by molar-refractivity contribution is 5.98. The fourth-order valence-corrected chi connectivity index (χ4v) is 2.03. The molecule has 0 atom stereocenters. The van der Waals surface area contributed by atoms with Gasteiger partial charge in [-0.3, -0.25) is 4.79 Å². The molecule has 5 heteroatoms. The number of benzene rings is 2. The standard InChI is InChI=1S/C19H19NO4/c1-14(12-18(21)23-2)20-19(22)16-10-6-7-11-17(16)24-13-15-8-4-3-5-9-15/h3-12H,13H2,1-2H3,(H,20,22)/b14-12+. The number of rotatable bonds is 6. The molecule has 0 aromatic heterocycles. The molecule has 0 radical (unpaired) electrons. The quantitative estimate of drug-likeness (QED) is 0.655. The summed E-state index contributed by atoms with van der Waals surface area (Å²) >= 11 is 0. The number of hydrogen-bond donors (Lipinski definition) is 1. The van der Waals surface area contributed by atoms with Crippen LogP contribution in [-0.2, 0) is 16.1 Å². The number of allylic oxidation sites excluding steroid dienone is 1. The lowest BCUT2D eigenvalue weighted by atomic mass is 10.2. The summed E-state index contributed by atoms with van der Waals surface area (Å²) in [4.78, 5) is 23.6. The van der Waals surface area contributed by atoms with Crippen LogP contribution in [0, 0.1) is 0 Å². The Morgan fingerprint density at radius 3 is 2.42 bits per heavy atom. The number of carbonyl (C=O) groups excluding carboxylic acids is 2. The third-order valence-corrected chi connectivity index (χ3v) is 3.22. The molecule has 1 amide bonds. The first-order valence-electron chi connectivity index (χ1n) is 7.43. The third-order valence-electron chi connectivity index (χ3n) is 3.22. The second-order valence-electron chi connectivity index (χ2n) is 5.08. The SMILES string of the molecule is COC(=O)/C=C(\C)NC(=O)c1ccccc1OCc1ccccc1. The van der Waals surface area contributed by atoms with E-state index in [1.165, 1.54) is 13.2 Å². The lowest BCUT2D eigenvalue weighted by Gasteiger charge is -2.12. The Bertz CT molecular complexity index is 738. The van der Waals surface area contributed by atoms with Crippen LogP contribution in [0.5, 0.6) is 5.75 Å². The summed E-state index contributed by atoms with van der Waals surface area (Å²) < 4.78 is 10.3. The van der Waals surface area contributed by atoms with Crippen molar-refractivity contribution in [2.75, 3.05) is 7.11 Å². The number of carbonyl (C=O) groups is 2. The predicted octanol–water partition coefficient (Wildman–Crippen LogP) is 3.07. The topological polar surface area (TPSA) is 64.6 Å². The fourth-order valence-electron chi connectivity index (χ4n) is 2.03. The Labute approximate surface area is 140 Å². The number of esters is 1. The lowest BCUT2D eigenvalue weighted by Crippen LogP contribution is -2.23. The molecule has 0 saturated heterocycles. The van der Waals surface area contributed by atoms with Crippen molar-refractivity contribution in [2.45, 2.75) is 13.5 Å². The number of hydrogen-bond acceptors (Lipinski definition) is 4. The van der Waals surface area contributed by atoms with E-state index in [4.69, 9.17) is 4.74 Å². The number of methoxy groups -OCH3 is 1. The largest absolute Gasteiger partial charge is 0.488 e. The van der Waals surface area contributed by atoms with Crippen LogP contribution in [0.1, 0.15) is 22.8 Å². The molecule has 0 heterocycles. The van der Waals surface area contributed by atoms with E-state index in [0.29, 0.717) is 23.6 Å².